The lowest BCUT2D eigenvalue weighted by molar-refractivity contribution is 0.0177. The van der Waals surface area contributed by atoms with E-state index in [1.807, 2.05) is 0 Å². The number of rotatable bonds is 6. The molecule has 0 spiro atoms. The van der Waals surface area contributed by atoms with Crippen molar-refractivity contribution in [2.75, 3.05) is 19.6 Å². The minimum Gasteiger partial charge on any atom is -0.311 e. The lowest BCUT2D eigenvalue weighted by atomic mass is 9.85. The van der Waals surface area contributed by atoms with Crippen molar-refractivity contribution < 1.29 is 0 Å². The summed E-state index contributed by atoms with van der Waals surface area (Å²) in [6.07, 6.45) is 11.1. The van der Waals surface area contributed by atoms with Gasteiger partial charge in [0.25, 0.3) is 0 Å². The molecule has 2 aliphatic rings. The summed E-state index contributed by atoms with van der Waals surface area (Å²) in [4.78, 5) is 2.87. The standard InChI is InChI=1S/C17H34N2/c1-4-9-16-13-19(12-15-10-7-8-11-15)17(5-2,6-3)14-18-16/h15-16,18H,4-14H2,1-3H3. The first-order chi connectivity index (χ1) is 9.24. The van der Waals surface area contributed by atoms with Crippen molar-refractivity contribution in [1.29, 1.82) is 0 Å². The van der Waals surface area contributed by atoms with Crippen LogP contribution in [0.2, 0.25) is 0 Å². The van der Waals surface area contributed by atoms with Crippen LogP contribution in [0.3, 0.4) is 0 Å². The Morgan fingerprint density at radius 3 is 2.37 bits per heavy atom. The lowest BCUT2D eigenvalue weighted by Gasteiger charge is -2.50. The van der Waals surface area contributed by atoms with Gasteiger partial charge in [0.1, 0.15) is 0 Å². The molecule has 19 heavy (non-hydrogen) atoms. The molecule has 1 aliphatic carbocycles. The zero-order chi connectivity index (χ0) is 13.7. The molecule has 1 unspecified atom stereocenters. The fourth-order valence-corrected chi connectivity index (χ4v) is 4.23. The molecule has 0 amide bonds. The molecular formula is C17H34N2. The van der Waals surface area contributed by atoms with Gasteiger partial charge in [-0.15, -0.1) is 0 Å². The van der Waals surface area contributed by atoms with Crippen molar-refractivity contribution in [3.8, 4) is 0 Å². The maximum absolute atomic E-state index is 3.83. The fraction of sp³-hybridized carbons (Fsp3) is 1.00. The molecule has 1 saturated carbocycles. The fourth-order valence-electron chi connectivity index (χ4n) is 4.23. The summed E-state index contributed by atoms with van der Waals surface area (Å²) >= 11 is 0. The minimum atomic E-state index is 0.437. The summed E-state index contributed by atoms with van der Waals surface area (Å²) in [5, 5.41) is 3.83. The normalized spacial score (nSPS) is 28.9. The Bertz CT molecular complexity index is 254. The average Bonchev–Trinajstić information content (AvgIpc) is 2.93. The average molecular weight is 266 g/mol. The topological polar surface area (TPSA) is 15.3 Å². The van der Waals surface area contributed by atoms with E-state index in [9.17, 15) is 0 Å². The van der Waals surface area contributed by atoms with Gasteiger partial charge in [-0.25, -0.2) is 0 Å². The molecule has 1 heterocycles. The zero-order valence-corrected chi connectivity index (χ0v) is 13.4. The van der Waals surface area contributed by atoms with Crippen LogP contribution >= 0.6 is 0 Å². The number of nitrogens with one attached hydrogen (secondary N) is 1. The first-order valence-corrected chi connectivity index (χ1v) is 8.72. The molecule has 0 aromatic heterocycles. The molecule has 0 aromatic carbocycles. The van der Waals surface area contributed by atoms with Gasteiger partial charge in [-0.2, -0.15) is 0 Å². The number of hydrogen-bond donors (Lipinski definition) is 1. The van der Waals surface area contributed by atoms with E-state index in [0.29, 0.717) is 5.54 Å². The monoisotopic (exact) mass is 266 g/mol. The van der Waals surface area contributed by atoms with Crippen LogP contribution in [0, 0.1) is 5.92 Å². The van der Waals surface area contributed by atoms with Crippen LogP contribution < -0.4 is 5.32 Å². The van der Waals surface area contributed by atoms with E-state index in [2.05, 4.69) is 31.0 Å². The van der Waals surface area contributed by atoms with Crippen LogP contribution in [0.5, 0.6) is 0 Å². The van der Waals surface area contributed by atoms with Gasteiger partial charge >= 0.3 is 0 Å². The van der Waals surface area contributed by atoms with Crippen molar-refractivity contribution in [2.24, 2.45) is 5.92 Å². The molecule has 1 atom stereocenters. The molecule has 2 nitrogen and oxygen atoms in total. The molecule has 0 bridgehead atoms. The van der Waals surface area contributed by atoms with Crippen LogP contribution in [-0.4, -0.2) is 36.1 Å². The second-order valence-electron chi connectivity index (χ2n) is 6.85. The Morgan fingerprint density at radius 2 is 1.79 bits per heavy atom. The third-order valence-electron chi connectivity index (χ3n) is 5.74. The van der Waals surface area contributed by atoms with Crippen molar-refractivity contribution >= 4 is 0 Å². The molecule has 1 aliphatic heterocycles. The number of piperazine rings is 1. The van der Waals surface area contributed by atoms with Crippen LogP contribution in [-0.2, 0) is 0 Å². The molecule has 1 saturated heterocycles. The smallest absolute Gasteiger partial charge is 0.0329 e. The third-order valence-corrected chi connectivity index (χ3v) is 5.74. The summed E-state index contributed by atoms with van der Waals surface area (Å²) in [5.74, 6) is 0.984. The highest BCUT2D eigenvalue weighted by atomic mass is 15.3. The SMILES string of the molecule is CCCC1CN(CC2CCCC2)C(CC)(CC)CN1. The first-order valence-electron chi connectivity index (χ1n) is 8.72. The Hall–Kier alpha value is -0.0800. The summed E-state index contributed by atoms with van der Waals surface area (Å²) < 4.78 is 0. The largest absolute Gasteiger partial charge is 0.311 e. The third kappa shape index (κ3) is 3.52. The van der Waals surface area contributed by atoms with Gasteiger partial charge in [-0.3, -0.25) is 4.90 Å². The van der Waals surface area contributed by atoms with Gasteiger partial charge in [0.2, 0.25) is 0 Å². The minimum absolute atomic E-state index is 0.437. The van der Waals surface area contributed by atoms with E-state index < -0.39 is 0 Å². The molecule has 2 fully saturated rings. The quantitative estimate of drug-likeness (QED) is 0.786. The highest BCUT2D eigenvalue weighted by molar-refractivity contribution is 4.98. The lowest BCUT2D eigenvalue weighted by Crippen LogP contribution is -2.64. The first kappa shape index (κ1) is 15.3. The highest BCUT2D eigenvalue weighted by Crippen LogP contribution is 2.32. The predicted molar refractivity (Wildman–Crippen MR) is 83.5 cm³/mol. The van der Waals surface area contributed by atoms with Gasteiger partial charge in [-0.05, 0) is 38.0 Å². The summed E-state index contributed by atoms with van der Waals surface area (Å²) in [7, 11) is 0. The maximum atomic E-state index is 3.83. The second kappa shape index (κ2) is 7.08. The Morgan fingerprint density at radius 1 is 1.11 bits per heavy atom. The van der Waals surface area contributed by atoms with Crippen LogP contribution in [0.15, 0.2) is 0 Å². The Balaban J connectivity index is 2.01. The molecular weight excluding hydrogens is 232 g/mol. The van der Waals surface area contributed by atoms with E-state index in [0.717, 1.165) is 12.0 Å². The number of nitrogens with zero attached hydrogens (tertiary/aromatic N) is 1. The van der Waals surface area contributed by atoms with Crippen molar-refractivity contribution in [3.63, 3.8) is 0 Å². The van der Waals surface area contributed by atoms with E-state index >= 15 is 0 Å². The van der Waals surface area contributed by atoms with Gasteiger partial charge < -0.3 is 5.32 Å². The molecule has 0 radical (unpaired) electrons. The Kier molecular flexibility index (Phi) is 5.70. The van der Waals surface area contributed by atoms with E-state index in [1.54, 1.807) is 0 Å². The second-order valence-corrected chi connectivity index (χ2v) is 6.85. The maximum Gasteiger partial charge on any atom is 0.0329 e. The van der Waals surface area contributed by atoms with Gasteiger partial charge in [0, 0.05) is 31.2 Å². The Labute approximate surface area is 120 Å². The van der Waals surface area contributed by atoms with Crippen LogP contribution in [0.1, 0.15) is 72.1 Å². The molecule has 2 heteroatoms. The summed E-state index contributed by atoms with van der Waals surface area (Å²) in [5.41, 5.74) is 0.437. The molecule has 2 rings (SSSR count). The van der Waals surface area contributed by atoms with Gasteiger partial charge in [0.05, 0.1) is 0 Å². The van der Waals surface area contributed by atoms with Crippen molar-refractivity contribution in [3.05, 3.63) is 0 Å². The number of hydrogen-bond acceptors (Lipinski definition) is 2. The molecule has 0 aromatic rings. The summed E-state index contributed by atoms with van der Waals surface area (Å²) in [6, 6.07) is 0.734. The van der Waals surface area contributed by atoms with Gasteiger partial charge in [0.15, 0.2) is 0 Å². The van der Waals surface area contributed by atoms with Crippen LogP contribution in [0.4, 0.5) is 0 Å². The van der Waals surface area contributed by atoms with E-state index in [4.69, 9.17) is 0 Å². The van der Waals surface area contributed by atoms with Crippen molar-refractivity contribution in [1.82, 2.24) is 10.2 Å². The zero-order valence-electron chi connectivity index (χ0n) is 13.4. The van der Waals surface area contributed by atoms with Gasteiger partial charge in [-0.1, -0.05) is 40.0 Å². The van der Waals surface area contributed by atoms with E-state index in [-0.39, 0.29) is 0 Å². The highest BCUT2D eigenvalue weighted by Gasteiger charge is 2.39. The predicted octanol–water partition coefficient (Wildman–Crippen LogP) is 3.81. The van der Waals surface area contributed by atoms with E-state index in [1.165, 1.54) is 71.0 Å². The molecule has 112 valence electrons. The summed E-state index contributed by atoms with van der Waals surface area (Å²) in [6.45, 7) is 10.9. The van der Waals surface area contributed by atoms with Crippen LogP contribution in [0.25, 0.3) is 0 Å². The van der Waals surface area contributed by atoms with Crippen molar-refractivity contribution in [2.45, 2.75) is 83.7 Å². The molecule has 1 N–H and O–H groups in total.